The number of nitrogens with one attached hydrogen (secondary N) is 1. The molecule has 0 aliphatic carbocycles. The maximum Gasteiger partial charge on any atom is 0.227 e. The molecule has 4 nitrogen and oxygen atoms in total. The molecule has 1 amide bonds. The lowest BCUT2D eigenvalue weighted by molar-refractivity contribution is -0.130. The number of halogens is 1. The summed E-state index contributed by atoms with van der Waals surface area (Å²) < 4.78 is 13.6. The minimum Gasteiger partial charge on any atom is -0.368 e. The van der Waals surface area contributed by atoms with Crippen LogP contribution in [-0.2, 0) is 11.2 Å². The molecule has 0 saturated carbocycles. The molecule has 140 valence electrons. The number of carbonyl (C=O) groups is 1. The second-order valence-corrected chi connectivity index (χ2v) is 7.30. The fourth-order valence-electron chi connectivity index (χ4n) is 3.88. The molecule has 0 unspecified atom stereocenters. The van der Waals surface area contributed by atoms with Crippen LogP contribution in [0.5, 0.6) is 0 Å². The minimum atomic E-state index is -0.276. The van der Waals surface area contributed by atoms with Gasteiger partial charge in [-0.2, -0.15) is 0 Å². The summed E-state index contributed by atoms with van der Waals surface area (Å²) in [6.07, 6.45) is 0.305. The number of hydrogen-bond donors (Lipinski definition) is 1. The van der Waals surface area contributed by atoms with Crippen molar-refractivity contribution in [1.29, 1.82) is 0 Å². The molecule has 0 spiro atoms. The average Bonchev–Trinajstić information content (AvgIpc) is 2.97. The van der Waals surface area contributed by atoms with Gasteiger partial charge in [-0.05, 0) is 55.3 Å². The monoisotopic (exact) mass is 365 g/mol. The number of rotatable bonds is 3. The van der Waals surface area contributed by atoms with Gasteiger partial charge < -0.3 is 14.8 Å². The topological polar surface area (TPSA) is 39.3 Å². The third kappa shape index (κ3) is 3.54. The third-order valence-corrected chi connectivity index (χ3v) is 5.41. The van der Waals surface area contributed by atoms with Gasteiger partial charge in [0.2, 0.25) is 5.91 Å². The molecular formula is C22H24FN3O. The molecule has 1 aromatic heterocycles. The lowest BCUT2D eigenvalue weighted by atomic mass is 10.1. The van der Waals surface area contributed by atoms with E-state index in [1.807, 2.05) is 11.8 Å². The van der Waals surface area contributed by atoms with Gasteiger partial charge in [0.15, 0.2) is 0 Å². The van der Waals surface area contributed by atoms with Crippen molar-refractivity contribution in [2.45, 2.75) is 20.3 Å². The van der Waals surface area contributed by atoms with Crippen LogP contribution in [0.1, 0.15) is 16.8 Å². The number of piperazine rings is 1. The normalized spacial score (nSPS) is 14.8. The highest BCUT2D eigenvalue weighted by Gasteiger charge is 2.23. The number of anilines is 1. The van der Waals surface area contributed by atoms with E-state index in [1.54, 1.807) is 6.07 Å². The van der Waals surface area contributed by atoms with Crippen LogP contribution in [-0.4, -0.2) is 42.0 Å². The molecule has 2 aromatic carbocycles. The molecule has 1 aliphatic rings. The number of H-pyrrole nitrogens is 1. The highest BCUT2D eigenvalue weighted by Crippen LogP contribution is 2.24. The molecule has 0 radical (unpaired) electrons. The zero-order chi connectivity index (χ0) is 19.0. The maximum absolute atomic E-state index is 13.6. The molecular weight excluding hydrogens is 341 g/mol. The minimum absolute atomic E-state index is 0.104. The van der Waals surface area contributed by atoms with Gasteiger partial charge in [-0.15, -0.1) is 0 Å². The van der Waals surface area contributed by atoms with Crippen molar-refractivity contribution in [3.05, 3.63) is 65.1 Å². The Bertz CT molecular complexity index is 986. The standard InChI is InChI=1S/C22H24FN3O/c1-15-4-3-5-18(12-15)25-8-10-26(11-9-25)22(27)14-19-16(2)24-21-7-6-17(23)13-20(19)21/h3-7,12-13,24H,8-11,14H2,1-2H3. The van der Waals surface area contributed by atoms with Gasteiger partial charge in [-0.3, -0.25) is 4.79 Å². The Morgan fingerprint density at radius 1 is 1.07 bits per heavy atom. The van der Waals surface area contributed by atoms with Gasteiger partial charge in [0.1, 0.15) is 5.82 Å². The summed E-state index contributed by atoms with van der Waals surface area (Å²) >= 11 is 0. The molecule has 1 N–H and O–H groups in total. The number of carbonyl (C=O) groups excluding carboxylic acids is 1. The van der Waals surface area contributed by atoms with E-state index in [2.05, 4.69) is 41.1 Å². The van der Waals surface area contributed by atoms with Crippen molar-refractivity contribution in [3.63, 3.8) is 0 Å². The van der Waals surface area contributed by atoms with E-state index in [1.165, 1.54) is 23.4 Å². The van der Waals surface area contributed by atoms with Gasteiger partial charge in [0.05, 0.1) is 6.42 Å². The fourth-order valence-corrected chi connectivity index (χ4v) is 3.88. The van der Waals surface area contributed by atoms with Crippen molar-refractivity contribution in [2.75, 3.05) is 31.1 Å². The van der Waals surface area contributed by atoms with Crippen LogP contribution in [0, 0.1) is 19.7 Å². The van der Waals surface area contributed by atoms with Gasteiger partial charge in [-0.1, -0.05) is 12.1 Å². The first kappa shape index (κ1) is 17.6. The largest absolute Gasteiger partial charge is 0.368 e. The SMILES string of the molecule is Cc1cccc(N2CCN(C(=O)Cc3c(C)[nH]c4ccc(F)cc34)CC2)c1. The fraction of sp³-hybridized carbons (Fsp3) is 0.318. The Labute approximate surface area is 158 Å². The summed E-state index contributed by atoms with van der Waals surface area (Å²) in [4.78, 5) is 20.3. The Kier molecular flexibility index (Phi) is 4.60. The summed E-state index contributed by atoms with van der Waals surface area (Å²) in [6, 6.07) is 13.1. The van der Waals surface area contributed by atoms with Crippen LogP contribution in [0.2, 0.25) is 0 Å². The molecule has 4 rings (SSSR count). The van der Waals surface area contributed by atoms with E-state index in [-0.39, 0.29) is 11.7 Å². The molecule has 1 fully saturated rings. The first-order chi connectivity index (χ1) is 13.0. The predicted octanol–water partition coefficient (Wildman–Crippen LogP) is 3.82. The predicted molar refractivity (Wildman–Crippen MR) is 107 cm³/mol. The van der Waals surface area contributed by atoms with Crippen molar-refractivity contribution in [2.24, 2.45) is 0 Å². The third-order valence-electron chi connectivity index (χ3n) is 5.41. The van der Waals surface area contributed by atoms with Gasteiger partial charge in [0.25, 0.3) is 0 Å². The number of hydrogen-bond acceptors (Lipinski definition) is 2. The molecule has 2 heterocycles. The van der Waals surface area contributed by atoms with Gasteiger partial charge >= 0.3 is 0 Å². The zero-order valence-corrected chi connectivity index (χ0v) is 15.8. The van der Waals surface area contributed by atoms with Crippen LogP contribution < -0.4 is 4.90 Å². The smallest absolute Gasteiger partial charge is 0.227 e. The van der Waals surface area contributed by atoms with Gasteiger partial charge in [-0.25, -0.2) is 4.39 Å². The van der Waals surface area contributed by atoms with Crippen LogP contribution in [0.25, 0.3) is 10.9 Å². The van der Waals surface area contributed by atoms with Crippen LogP contribution >= 0.6 is 0 Å². The molecule has 1 aliphatic heterocycles. The summed E-state index contributed by atoms with van der Waals surface area (Å²) in [5, 5.41) is 0.805. The van der Waals surface area contributed by atoms with Gasteiger partial charge in [0, 0.05) is 48.5 Å². The number of benzene rings is 2. The molecule has 1 saturated heterocycles. The van der Waals surface area contributed by atoms with E-state index in [0.29, 0.717) is 19.5 Å². The number of nitrogens with zero attached hydrogens (tertiary/aromatic N) is 2. The van der Waals surface area contributed by atoms with E-state index in [4.69, 9.17) is 0 Å². The van der Waals surface area contributed by atoms with E-state index in [0.717, 1.165) is 35.2 Å². The van der Waals surface area contributed by atoms with E-state index < -0.39 is 0 Å². The maximum atomic E-state index is 13.6. The Morgan fingerprint density at radius 3 is 2.59 bits per heavy atom. The first-order valence-electron chi connectivity index (χ1n) is 9.37. The molecule has 0 bridgehead atoms. The molecule has 27 heavy (non-hydrogen) atoms. The highest BCUT2D eigenvalue weighted by molar-refractivity contribution is 5.90. The molecule has 5 heteroatoms. The van der Waals surface area contributed by atoms with E-state index in [9.17, 15) is 9.18 Å². The second-order valence-electron chi connectivity index (χ2n) is 7.30. The number of aryl methyl sites for hydroxylation is 2. The number of aromatic amines is 1. The van der Waals surface area contributed by atoms with Crippen molar-refractivity contribution >= 4 is 22.5 Å². The zero-order valence-electron chi connectivity index (χ0n) is 15.8. The average molecular weight is 365 g/mol. The lowest BCUT2D eigenvalue weighted by Crippen LogP contribution is -2.49. The Balaban J connectivity index is 1.44. The molecule has 0 atom stereocenters. The summed E-state index contributed by atoms with van der Waals surface area (Å²) in [6.45, 7) is 7.12. The first-order valence-corrected chi connectivity index (χ1v) is 9.37. The quantitative estimate of drug-likeness (QED) is 0.767. The Hall–Kier alpha value is -2.82. The van der Waals surface area contributed by atoms with Crippen molar-refractivity contribution in [1.82, 2.24) is 9.88 Å². The van der Waals surface area contributed by atoms with Crippen molar-refractivity contribution < 1.29 is 9.18 Å². The lowest BCUT2D eigenvalue weighted by Gasteiger charge is -2.36. The number of fused-ring (bicyclic) bond motifs is 1. The highest BCUT2D eigenvalue weighted by atomic mass is 19.1. The number of amides is 1. The summed E-state index contributed by atoms with van der Waals surface area (Å²) in [5.41, 5.74) is 5.16. The summed E-state index contributed by atoms with van der Waals surface area (Å²) in [7, 11) is 0. The van der Waals surface area contributed by atoms with Crippen molar-refractivity contribution in [3.8, 4) is 0 Å². The summed E-state index contributed by atoms with van der Waals surface area (Å²) in [5.74, 6) is -0.172. The molecule has 3 aromatic rings. The van der Waals surface area contributed by atoms with Crippen LogP contribution in [0.3, 0.4) is 0 Å². The Morgan fingerprint density at radius 2 is 1.85 bits per heavy atom. The van der Waals surface area contributed by atoms with Crippen LogP contribution in [0.4, 0.5) is 10.1 Å². The van der Waals surface area contributed by atoms with E-state index >= 15 is 0 Å². The number of aromatic nitrogens is 1. The van der Waals surface area contributed by atoms with Crippen LogP contribution in [0.15, 0.2) is 42.5 Å². The second kappa shape index (κ2) is 7.06.